The number of hydrogen-bond acceptors (Lipinski definition) is 2. The van der Waals surface area contributed by atoms with Crippen LogP contribution in [0.25, 0.3) is 0 Å². The third kappa shape index (κ3) is 3.47. The van der Waals surface area contributed by atoms with Gasteiger partial charge in [0.05, 0.1) is 4.83 Å². The van der Waals surface area contributed by atoms with Crippen LogP contribution in [0.4, 0.5) is 5.69 Å². The summed E-state index contributed by atoms with van der Waals surface area (Å²) in [5.41, 5.74) is 1.23. The van der Waals surface area contributed by atoms with Gasteiger partial charge in [-0.15, -0.1) is 0 Å². The van der Waals surface area contributed by atoms with Gasteiger partial charge in [0.25, 0.3) is 0 Å². The van der Waals surface area contributed by atoms with E-state index in [2.05, 4.69) is 21.2 Å². The van der Waals surface area contributed by atoms with Crippen LogP contribution in [0.3, 0.4) is 0 Å². The minimum atomic E-state index is -0.251. The van der Waals surface area contributed by atoms with Gasteiger partial charge < -0.3 is 5.32 Å². The van der Waals surface area contributed by atoms with E-state index < -0.39 is 0 Å². The van der Waals surface area contributed by atoms with Crippen molar-refractivity contribution in [2.45, 2.75) is 18.7 Å². The number of anilines is 1. The van der Waals surface area contributed by atoms with E-state index in [0.29, 0.717) is 11.3 Å². The molecule has 1 rings (SSSR count). The molecule has 0 unspecified atom stereocenters. The van der Waals surface area contributed by atoms with E-state index >= 15 is 0 Å². The fraction of sp³-hybridized carbons (Fsp3) is 0.273. The van der Waals surface area contributed by atoms with Gasteiger partial charge in [0, 0.05) is 11.3 Å². The molecule has 3 nitrogen and oxygen atoms in total. The van der Waals surface area contributed by atoms with Crippen LogP contribution in [0, 0.1) is 0 Å². The van der Waals surface area contributed by atoms with Gasteiger partial charge >= 0.3 is 0 Å². The number of rotatable bonds is 3. The molecule has 1 amide bonds. The predicted octanol–water partition coefficient (Wildman–Crippen LogP) is 2.61. The van der Waals surface area contributed by atoms with Crippen molar-refractivity contribution in [2.24, 2.45) is 0 Å². The Bertz CT molecular complexity index is 388. The van der Waals surface area contributed by atoms with Crippen LogP contribution >= 0.6 is 15.9 Å². The normalized spacial score (nSPS) is 11.9. The van der Waals surface area contributed by atoms with Crippen molar-refractivity contribution >= 4 is 33.3 Å². The Kier molecular flexibility index (Phi) is 4.03. The molecule has 0 bridgehead atoms. The number of benzene rings is 1. The lowest BCUT2D eigenvalue weighted by molar-refractivity contribution is -0.115. The molecule has 0 saturated carbocycles. The van der Waals surface area contributed by atoms with Gasteiger partial charge in [-0.05, 0) is 26.0 Å². The van der Waals surface area contributed by atoms with Gasteiger partial charge in [-0.25, -0.2) is 0 Å². The zero-order chi connectivity index (χ0) is 11.4. The number of halogens is 1. The Morgan fingerprint density at radius 3 is 2.60 bits per heavy atom. The highest BCUT2D eigenvalue weighted by molar-refractivity contribution is 9.10. The topological polar surface area (TPSA) is 46.2 Å². The smallest absolute Gasteiger partial charge is 0.237 e. The standard InChI is InChI=1S/C11H12BrNO2/c1-7(12)11(15)13-10-5-3-4-9(6-10)8(2)14/h3-7H,1-2H3,(H,13,15)/t7-/m0/s1. The van der Waals surface area contributed by atoms with Crippen molar-refractivity contribution in [3.8, 4) is 0 Å². The molecule has 0 aliphatic carbocycles. The first-order valence-electron chi connectivity index (χ1n) is 4.56. The van der Waals surface area contributed by atoms with E-state index in [1.807, 2.05) is 0 Å². The Labute approximate surface area is 97.0 Å². The van der Waals surface area contributed by atoms with Crippen molar-refractivity contribution in [1.82, 2.24) is 0 Å². The number of amides is 1. The second kappa shape index (κ2) is 5.07. The van der Waals surface area contributed by atoms with E-state index in [-0.39, 0.29) is 16.5 Å². The molecule has 1 atom stereocenters. The molecule has 15 heavy (non-hydrogen) atoms. The number of alkyl halides is 1. The highest BCUT2D eigenvalue weighted by Crippen LogP contribution is 2.12. The maximum absolute atomic E-state index is 11.4. The van der Waals surface area contributed by atoms with E-state index in [1.165, 1.54) is 6.92 Å². The van der Waals surface area contributed by atoms with Crippen LogP contribution in [-0.4, -0.2) is 16.5 Å². The average molecular weight is 270 g/mol. The SMILES string of the molecule is CC(=O)c1cccc(NC(=O)[C@H](C)Br)c1. The molecule has 1 N–H and O–H groups in total. The van der Waals surface area contributed by atoms with Crippen LogP contribution in [-0.2, 0) is 4.79 Å². The molecule has 1 aromatic carbocycles. The summed E-state index contributed by atoms with van der Waals surface area (Å²) in [6.07, 6.45) is 0. The van der Waals surface area contributed by atoms with E-state index in [9.17, 15) is 9.59 Å². The number of nitrogens with one attached hydrogen (secondary N) is 1. The Balaban J connectivity index is 2.83. The summed E-state index contributed by atoms with van der Waals surface area (Å²) >= 11 is 3.17. The zero-order valence-electron chi connectivity index (χ0n) is 8.58. The Morgan fingerprint density at radius 1 is 1.40 bits per heavy atom. The molecule has 0 aliphatic heterocycles. The van der Waals surface area contributed by atoms with E-state index in [1.54, 1.807) is 31.2 Å². The summed E-state index contributed by atoms with van der Waals surface area (Å²) in [4.78, 5) is 22.2. The molecule has 0 saturated heterocycles. The van der Waals surface area contributed by atoms with Crippen molar-refractivity contribution in [1.29, 1.82) is 0 Å². The molecule has 0 spiro atoms. The summed E-state index contributed by atoms with van der Waals surface area (Å²) in [7, 11) is 0. The van der Waals surface area contributed by atoms with Gasteiger partial charge in [-0.3, -0.25) is 9.59 Å². The lowest BCUT2D eigenvalue weighted by Gasteiger charge is -2.07. The molecule has 0 aliphatic rings. The molecular weight excluding hydrogens is 258 g/mol. The lowest BCUT2D eigenvalue weighted by Crippen LogP contribution is -2.19. The quantitative estimate of drug-likeness (QED) is 0.677. The highest BCUT2D eigenvalue weighted by Gasteiger charge is 2.09. The minimum absolute atomic E-state index is 0.0158. The fourth-order valence-electron chi connectivity index (χ4n) is 1.06. The lowest BCUT2D eigenvalue weighted by atomic mass is 10.1. The van der Waals surface area contributed by atoms with E-state index in [0.717, 1.165) is 0 Å². The molecule has 0 fully saturated rings. The first kappa shape index (κ1) is 11.9. The third-order valence-corrected chi connectivity index (χ3v) is 2.31. The maximum Gasteiger partial charge on any atom is 0.237 e. The van der Waals surface area contributed by atoms with Crippen LogP contribution in [0.2, 0.25) is 0 Å². The molecule has 1 aromatic rings. The molecule has 80 valence electrons. The van der Waals surface area contributed by atoms with Gasteiger partial charge in [0.2, 0.25) is 5.91 Å². The van der Waals surface area contributed by atoms with Crippen LogP contribution in [0.5, 0.6) is 0 Å². The number of hydrogen-bond donors (Lipinski definition) is 1. The predicted molar refractivity (Wildman–Crippen MR) is 63.5 cm³/mol. The van der Waals surface area contributed by atoms with Crippen molar-refractivity contribution in [3.63, 3.8) is 0 Å². The van der Waals surface area contributed by atoms with Gasteiger partial charge in [0.1, 0.15) is 0 Å². The molecule has 0 radical (unpaired) electrons. The van der Waals surface area contributed by atoms with Crippen LogP contribution < -0.4 is 5.32 Å². The van der Waals surface area contributed by atoms with Crippen LogP contribution in [0.1, 0.15) is 24.2 Å². The summed E-state index contributed by atoms with van der Waals surface area (Å²) in [5, 5.41) is 2.70. The van der Waals surface area contributed by atoms with Gasteiger partial charge in [0.15, 0.2) is 5.78 Å². The summed E-state index contributed by atoms with van der Waals surface area (Å²) in [6.45, 7) is 3.23. The summed E-state index contributed by atoms with van der Waals surface area (Å²) in [5.74, 6) is -0.145. The minimum Gasteiger partial charge on any atom is -0.325 e. The molecule has 0 heterocycles. The summed E-state index contributed by atoms with van der Waals surface area (Å²) in [6, 6.07) is 6.87. The number of carbonyl (C=O) groups is 2. The zero-order valence-corrected chi connectivity index (χ0v) is 10.2. The average Bonchev–Trinajstić information content (AvgIpc) is 2.18. The monoisotopic (exact) mass is 269 g/mol. The van der Waals surface area contributed by atoms with E-state index in [4.69, 9.17) is 0 Å². The fourth-order valence-corrected chi connectivity index (χ4v) is 1.17. The maximum atomic E-state index is 11.4. The number of carbonyl (C=O) groups excluding carboxylic acids is 2. The third-order valence-electron chi connectivity index (χ3n) is 1.90. The van der Waals surface area contributed by atoms with Crippen molar-refractivity contribution in [3.05, 3.63) is 29.8 Å². The Hall–Kier alpha value is -1.16. The highest BCUT2D eigenvalue weighted by atomic mass is 79.9. The van der Waals surface area contributed by atoms with Gasteiger partial charge in [-0.2, -0.15) is 0 Å². The first-order valence-corrected chi connectivity index (χ1v) is 5.48. The molecular formula is C11H12BrNO2. The largest absolute Gasteiger partial charge is 0.325 e. The molecule has 0 aromatic heterocycles. The second-order valence-electron chi connectivity index (χ2n) is 3.24. The number of Topliss-reactive ketones (excluding diaryl/α,β-unsaturated/α-hetero) is 1. The van der Waals surface area contributed by atoms with Gasteiger partial charge in [-0.1, -0.05) is 28.1 Å². The molecule has 4 heteroatoms. The first-order chi connectivity index (χ1) is 7.00. The number of ketones is 1. The van der Waals surface area contributed by atoms with Crippen molar-refractivity contribution < 1.29 is 9.59 Å². The summed E-state index contributed by atoms with van der Waals surface area (Å²) < 4.78 is 0. The second-order valence-corrected chi connectivity index (χ2v) is 4.62. The Morgan fingerprint density at radius 2 is 2.07 bits per heavy atom. The van der Waals surface area contributed by atoms with Crippen LogP contribution in [0.15, 0.2) is 24.3 Å². The van der Waals surface area contributed by atoms with Crippen molar-refractivity contribution in [2.75, 3.05) is 5.32 Å².